The van der Waals surface area contributed by atoms with Crippen LogP contribution in [0.2, 0.25) is 5.02 Å². The van der Waals surface area contributed by atoms with Gasteiger partial charge in [-0.2, -0.15) is 0 Å². The van der Waals surface area contributed by atoms with E-state index in [-0.39, 0.29) is 5.84 Å². The lowest BCUT2D eigenvalue weighted by Gasteiger charge is -2.20. The standard InChI is InChI=1S/C11H16ClN3/c1-3-6-15(2)10-5-4-8(11(13)14)7-9(10)12/h4-5,7H,3,6H2,1-2H3,(H3,13,14). The molecule has 0 aromatic heterocycles. The minimum absolute atomic E-state index is 0.0431. The fourth-order valence-corrected chi connectivity index (χ4v) is 1.76. The maximum absolute atomic E-state index is 7.30. The van der Waals surface area contributed by atoms with Crippen molar-refractivity contribution in [2.24, 2.45) is 5.73 Å². The Hall–Kier alpha value is -1.22. The lowest BCUT2D eigenvalue weighted by atomic mass is 10.2. The third kappa shape index (κ3) is 2.86. The highest BCUT2D eigenvalue weighted by molar-refractivity contribution is 6.33. The van der Waals surface area contributed by atoms with Gasteiger partial charge in [0.2, 0.25) is 0 Å². The van der Waals surface area contributed by atoms with Crippen LogP contribution in [0.5, 0.6) is 0 Å². The molecule has 1 aromatic rings. The lowest BCUT2D eigenvalue weighted by Crippen LogP contribution is -2.18. The fourth-order valence-electron chi connectivity index (χ4n) is 1.44. The molecule has 0 unspecified atom stereocenters. The van der Waals surface area contributed by atoms with E-state index in [1.165, 1.54) is 0 Å². The smallest absolute Gasteiger partial charge is 0.122 e. The van der Waals surface area contributed by atoms with Crippen LogP contribution in [0, 0.1) is 5.41 Å². The number of rotatable bonds is 4. The van der Waals surface area contributed by atoms with Crippen molar-refractivity contribution >= 4 is 23.1 Å². The first-order valence-electron chi connectivity index (χ1n) is 4.91. The monoisotopic (exact) mass is 225 g/mol. The van der Waals surface area contributed by atoms with Crippen LogP contribution in [0.3, 0.4) is 0 Å². The second-order valence-corrected chi connectivity index (χ2v) is 3.91. The van der Waals surface area contributed by atoms with Crippen molar-refractivity contribution in [1.29, 1.82) is 5.41 Å². The molecule has 0 aliphatic rings. The molecule has 3 N–H and O–H groups in total. The van der Waals surface area contributed by atoms with E-state index < -0.39 is 0 Å². The Morgan fingerprint density at radius 2 is 2.20 bits per heavy atom. The summed E-state index contributed by atoms with van der Waals surface area (Å²) >= 11 is 6.11. The van der Waals surface area contributed by atoms with E-state index in [4.69, 9.17) is 22.7 Å². The summed E-state index contributed by atoms with van der Waals surface area (Å²) in [6.07, 6.45) is 1.07. The molecule has 1 rings (SSSR count). The van der Waals surface area contributed by atoms with Crippen LogP contribution in [-0.4, -0.2) is 19.4 Å². The summed E-state index contributed by atoms with van der Waals surface area (Å²) in [4.78, 5) is 2.09. The largest absolute Gasteiger partial charge is 0.384 e. The molecule has 4 heteroatoms. The van der Waals surface area contributed by atoms with Gasteiger partial charge in [-0.25, -0.2) is 0 Å². The summed E-state index contributed by atoms with van der Waals surface area (Å²) in [6, 6.07) is 5.44. The van der Waals surface area contributed by atoms with Crippen LogP contribution in [-0.2, 0) is 0 Å². The van der Waals surface area contributed by atoms with Gasteiger partial charge in [0.05, 0.1) is 10.7 Å². The Morgan fingerprint density at radius 3 is 2.67 bits per heavy atom. The molecule has 0 heterocycles. The van der Waals surface area contributed by atoms with Gasteiger partial charge in [-0.15, -0.1) is 0 Å². The first-order valence-corrected chi connectivity index (χ1v) is 5.29. The number of hydrogen-bond acceptors (Lipinski definition) is 2. The number of anilines is 1. The molecule has 0 amide bonds. The molecule has 82 valence electrons. The SMILES string of the molecule is CCCN(C)c1ccc(C(=N)N)cc1Cl. The molecule has 1 aromatic carbocycles. The zero-order valence-electron chi connectivity index (χ0n) is 9.05. The molecule has 3 nitrogen and oxygen atoms in total. The molecule has 0 aliphatic heterocycles. The number of nitrogen functional groups attached to an aromatic ring is 1. The van der Waals surface area contributed by atoms with Gasteiger partial charge in [0.25, 0.3) is 0 Å². The van der Waals surface area contributed by atoms with E-state index in [0.717, 1.165) is 18.7 Å². The minimum atomic E-state index is 0.0431. The molecule has 0 radical (unpaired) electrons. The van der Waals surface area contributed by atoms with Gasteiger partial charge in [0.1, 0.15) is 5.84 Å². The summed E-state index contributed by atoms with van der Waals surface area (Å²) in [5.41, 5.74) is 7.01. The van der Waals surface area contributed by atoms with Crippen molar-refractivity contribution in [3.8, 4) is 0 Å². The van der Waals surface area contributed by atoms with Crippen LogP contribution < -0.4 is 10.6 Å². The van der Waals surface area contributed by atoms with E-state index in [0.29, 0.717) is 10.6 Å². The molecule has 0 spiro atoms. The van der Waals surface area contributed by atoms with Gasteiger partial charge < -0.3 is 10.6 Å². The Kier molecular flexibility index (Phi) is 3.97. The Bertz CT molecular complexity index is 363. The normalized spacial score (nSPS) is 10.1. The topological polar surface area (TPSA) is 53.1 Å². The summed E-state index contributed by atoms with van der Waals surface area (Å²) in [5.74, 6) is 0.0431. The molecule has 0 aliphatic carbocycles. The number of amidine groups is 1. The van der Waals surface area contributed by atoms with Crippen molar-refractivity contribution in [3.05, 3.63) is 28.8 Å². The van der Waals surface area contributed by atoms with E-state index in [1.807, 2.05) is 19.2 Å². The highest BCUT2D eigenvalue weighted by Gasteiger charge is 2.07. The zero-order chi connectivity index (χ0) is 11.4. The summed E-state index contributed by atoms with van der Waals surface area (Å²) in [6.45, 7) is 3.08. The van der Waals surface area contributed by atoms with Crippen LogP contribution in [0.25, 0.3) is 0 Å². The Labute approximate surface area is 95.3 Å². The van der Waals surface area contributed by atoms with Crippen LogP contribution in [0.15, 0.2) is 18.2 Å². The number of halogens is 1. The predicted molar refractivity (Wildman–Crippen MR) is 66.0 cm³/mol. The molecule has 0 saturated heterocycles. The Morgan fingerprint density at radius 1 is 1.53 bits per heavy atom. The van der Waals surface area contributed by atoms with Gasteiger partial charge >= 0.3 is 0 Å². The first kappa shape index (κ1) is 11.9. The second-order valence-electron chi connectivity index (χ2n) is 3.50. The second kappa shape index (κ2) is 5.03. The van der Waals surface area contributed by atoms with Gasteiger partial charge in [-0.3, -0.25) is 5.41 Å². The summed E-state index contributed by atoms with van der Waals surface area (Å²) < 4.78 is 0. The van der Waals surface area contributed by atoms with Gasteiger partial charge in [0, 0.05) is 19.2 Å². The van der Waals surface area contributed by atoms with Crippen molar-refractivity contribution in [3.63, 3.8) is 0 Å². The maximum Gasteiger partial charge on any atom is 0.122 e. The minimum Gasteiger partial charge on any atom is -0.384 e. The van der Waals surface area contributed by atoms with Crippen LogP contribution in [0.1, 0.15) is 18.9 Å². The maximum atomic E-state index is 7.30. The fraction of sp³-hybridized carbons (Fsp3) is 0.364. The van der Waals surface area contributed by atoms with Crippen LogP contribution in [0.4, 0.5) is 5.69 Å². The third-order valence-corrected chi connectivity index (χ3v) is 2.53. The zero-order valence-corrected chi connectivity index (χ0v) is 9.80. The predicted octanol–water partition coefficient (Wildman–Crippen LogP) is 2.47. The number of nitrogens with one attached hydrogen (secondary N) is 1. The summed E-state index contributed by atoms with van der Waals surface area (Å²) in [5, 5.41) is 7.93. The van der Waals surface area contributed by atoms with E-state index in [1.54, 1.807) is 6.07 Å². The number of nitrogens with two attached hydrogens (primary N) is 1. The number of benzene rings is 1. The summed E-state index contributed by atoms with van der Waals surface area (Å²) in [7, 11) is 2.00. The quantitative estimate of drug-likeness (QED) is 0.611. The molecule has 0 fully saturated rings. The molecular formula is C11H16ClN3. The highest BCUT2D eigenvalue weighted by Crippen LogP contribution is 2.25. The highest BCUT2D eigenvalue weighted by atomic mass is 35.5. The third-order valence-electron chi connectivity index (χ3n) is 2.23. The van der Waals surface area contributed by atoms with Crippen LogP contribution >= 0.6 is 11.6 Å². The lowest BCUT2D eigenvalue weighted by molar-refractivity contribution is 0.852. The molecular weight excluding hydrogens is 210 g/mol. The van der Waals surface area contributed by atoms with E-state index >= 15 is 0 Å². The molecule has 0 atom stereocenters. The van der Waals surface area contributed by atoms with Gasteiger partial charge in [-0.05, 0) is 24.6 Å². The molecule has 15 heavy (non-hydrogen) atoms. The molecule has 0 saturated carbocycles. The Balaban J connectivity index is 2.97. The van der Waals surface area contributed by atoms with Gasteiger partial charge in [0.15, 0.2) is 0 Å². The van der Waals surface area contributed by atoms with E-state index in [2.05, 4.69) is 11.8 Å². The number of nitrogens with zero attached hydrogens (tertiary/aromatic N) is 1. The van der Waals surface area contributed by atoms with Crippen molar-refractivity contribution < 1.29 is 0 Å². The first-order chi connectivity index (χ1) is 7.06. The van der Waals surface area contributed by atoms with Gasteiger partial charge in [-0.1, -0.05) is 18.5 Å². The van der Waals surface area contributed by atoms with Crippen molar-refractivity contribution in [2.75, 3.05) is 18.5 Å². The average molecular weight is 226 g/mol. The molecule has 0 bridgehead atoms. The van der Waals surface area contributed by atoms with Crippen molar-refractivity contribution in [1.82, 2.24) is 0 Å². The van der Waals surface area contributed by atoms with Crippen molar-refractivity contribution in [2.45, 2.75) is 13.3 Å². The van der Waals surface area contributed by atoms with E-state index in [9.17, 15) is 0 Å². The number of hydrogen-bond donors (Lipinski definition) is 2. The average Bonchev–Trinajstić information content (AvgIpc) is 2.17.